The molecule has 0 aliphatic rings. The van der Waals surface area contributed by atoms with Crippen LogP contribution in [0, 0.1) is 5.92 Å². The van der Waals surface area contributed by atoms with E-state index in [0.29, 0.717) is 6.42 Å². The van der Waals surface area contributed by atoms with E-state index >= 15 is 0 Å². The molecule has 2 atom stereocenters. The number of hydrogen-bond acceptors (Lipinski definition) is 4. The third-order valence-corrected chi connectivity index (χ3v) is 3.51. The molecule has 112 valence electrons. The Morgan fingerprint density at radius 1 is 1.37 bits per heavy atom. The molecule has 8 nitrogen and oxygen atoms in total. The van der Waals surface area contributed by atoms with Gasteiger partial charge in [-0.3, -0.25) is 0 Å². The second-order valence-electron chi connectivity index (χ2n) is 4.32. The second kappa shape index (κ2) is 7.95. The van der Waals surface area contributed by atoms with Crippen molar-refractivity contribution in [1.29, 1.82) is 0 Å². The van der Waals surface area contributed by atoms with Crippen LogP contribution in [0.1, 0.15) is 26.7 Å². The lowest BCUT2D eigenvalue weighted by atomic mass is 9.99. The van der Waals surface area contributed by atoms with Crippen molar-refractivity contribution >= 4 is 22.0 Å². The molecule has 0 spiro atoms. The van der Waals surface area contributed by atoms with Gasteiger partial charge in [0.05, 0.1) is 5.75 Å². The zero-order valence-corrected chi connectivity index (χ0v) is 11.9. The molecule has 19 heavy (non-hydrogen) atoms. The van der Waals surface area contributed by atoms with Crippen LogP contribution >= 0.6 is 0 Å². The van der Waals surface area contributed by atoms with E-state index in [-0.39, 0.29) is 24.6 Å². The fraction of sp³-hybridized carbons (Fsp3) is 0.800. The molecule has 0 aliphatic heterocycles. The maximum absolute atomic E-state index is 11.4. The van der Waals surface area contributed by atoms with Gasteiger partial charge < -0.3 is 15.7 Å². The predicted octanol–water partition coefficient (Wildman–Crippen LogP) is -0.536. The number of sulfonamides is 1. The Hall–Kier alpha value is -1.35. The van der Waals surface area contributed by atoms with Gasteiger partial charge in [-0.1, -0.05) is 20.3 Å². The molecule has 5 N–H and O–H groups in total. The van der Waals surface area contributed by atoms with Crippen molar-refractivity contribution in [2.45, 2.75) is 32.7 Å². The first kappa shape index (κ1) is 17.6. The van der Waals surface area contributed by atoms with Gasteiger partial charge in [-0.05, 0) is 12.3 Å². The first-order chi connectivity index (χ1) is 8.67. The van der Waals surface area contributed by atoms with Crippen LogP contribution in [0.5, 0.6) is 0 Å². The van der Waals surface area contributed by atoms with Crippen LogP contribution in [-0.2, 0) is 14.8 Å². The molecule has 0 unspecified atom stereocenters. The molecule has 0 aromatic heterocycles. The average molecular weight is 295 g/mol. The summed E-state index contributed by atoms with van der Waals surface area (Å²) in [5.41, 5.74) is 0. The highest BCUT2D eigenvalue weighted by atomic mass is 32.2. The van der Waals surface area contributed by atoms with Crippen molar-refractivity contribution in [2.75, 3.05) is 12.3 Å². The number of aliphatic carboxylic acids is 1. The van der Waals surface area contributed by atoms with Gasteiger partial charge in [0.1, 0.15) is 6.04 Å². The van der Waals surface area contributed by atoms with Crippen molar-refractivity contribution in [2.24, 2.45) is 11.1 Å². The fourth-order valence-corrected chi connectivity index (χ4v) is 1.90. The van der Waals surface area contributed by atoms with E-state index in [1.807, 2.05) is 6.92 Å². The molecule has 0 heterocycles. The molecule has 2 amide bonds. The molecule has 0 aromatic rings. The summed E-state index contributed by atoms with van der Waals surface area (Å²) in [7, 11) is -3.54. The quantitative estimate of drug-likeness (QED) is 0.445. The number of carbonyl (C=O) groups is 2. The summed E-state index contributed by atoms with van der Waals surface area (Å²) >= 11 is 0. The third kappa shape index (κ3) is 8.38. The average Bonchev–Trinajstić information content (AvgIpc) is 2.29. The van der Waals surface area contributed by atoms with Gasteiger partial charge in [0.25, 0.3) is 0 Å². The first-order valence-corrected chi connectivity index (χ1v) is 7.66. The van der Waals surface area contributed by atoms with E-state index in [2.05, 4.69) is 10.6 Å². The summed E-state index contributed by atoms with van der Waals surface area (Å²) in [6, 6.07) is -1.61. The lowest BCUT2D eigenvalue weighted by Gasteiger charge is -2.20. The zero-order chi connectivity index (χ0) is 15.1. The topological polar surface area (TPSA) is 139 Å². The summed E-state index contributed by atoms with van der Waals surface area (Å²) in [6.07, 6.45) is 0.788. The van der Waals surface area contributed by atoms with E-state index in [4.69, 9.17) is 10.2 Å². The van der Waals surface area contributed by atoms with Crippen molar-refractivity contribution in [3.05, 3.63) is 0 Å². The maximum Gasteiger partial charge on any atom is 0.326 e. The van der Waals surface area contributed by atoms with E-state index in [1.165, 1.54) is 0 Å². The van der Waals surface area contributed by atoms with Gasteiger partial charge in [-0.15, -0.1) is 0 Å². The van der Waals surface area contributed by atoms with E-state index in [0.717, 1.165) is 0 Å². The summed E-state index contributed by atoms with van der Waals surface area (Å²) in [5, 5.41) is 18.5. The molecular formula is C10H21N3O5S. The van der Waals surface area contributed by atoms with Crippen LogP contribution < -0.4 is 15.8 Å². The van der Waals surface area contributed by atoms with Crippen molar-refractivity contribution in [3.63, 3.8) is 0 Å². The summed E-state index contributed by atoms with van der Waals surface area (Å²) in [4.78, 5) is 22.4. The van der Waals surface area contributed by atoms with Crippen LogP contribution in [0.3, 0.4) is 0 Å². The number of urea groups is 1. The van der Waals surface area contributed by atoms with Gasteiger partial charge in [0, 0.05) is 6.54 Å². The summed E-state index contributed by atoms with van der Waals surface area (Å²) < 4.78 is 21.3. The minimum atomic E-state index is -3.54. The van der Waals surface area contributed by atoms with E-state index in [1.54, 1.807) is 6.92 Å². The van der Waals surface area contributed by atoms with E-state index < -0.39 is 28.1 Å². The first-order valence-electron chi connectivity index (χ1n) is 5.95. The molecule has 9 heteroatoms. The van der Waals surface area contributed by atoms with E-state index in [9.17, 15) is 18.0 Å². The molecule has 0 saturated carbocycles. The lowest BCUT2D eigenvalue weighted by molar-refractivity contribution is -0.140. The Kier molecular flexibility index (Phi) is 7.38. The number of rotatable bonds is 8. The molecule has 0 saturated heterocycles. The molecule has 0 fully saturated rings. The predicted molar refractivity (Wildman–Crippen MR) is 70.0 cm³/mol. The smallest absolute Gasteiger partial charge is 0.326 e. The minimum absolute atomic E-state index is 0.106. The highest BCUT2D eigenvalue weighted by Crippen LogP contribution is 2.07. The number of carbonyl (C=O) groups excluding carboxylic acids is 1. The number of nitrogens with two attached hydrogens (primary N) is 1. The zero-order valence-electron chi connectivity index (χ0n) is 11.0. The second-order valence-corrected chi connectivity index (χ2v) is 6.06. The Labute approximate surface area is 112 Å². The monoisotopic (exact) mass is 295 g/mol. The van der Waals surface area contributed by atoms with Crippen LogP contribution in [0.2, 0.25) is 0 Å². The largest absolute Gasteiger partial charge is 0.480 e. The normalized spacial score (nSPS) is 14.5. The van der Waals surface area contributed by atoms with Gasteiger partial charge in [0.15, 0.2) is 0 Å². The molecule has 0 aromatic carbocycles. The van der Waals surface area contributed by atoms with Crippen molar-refractivity contribution in [3.8, 4) is 0 Å². The SMILES string of the molecule is CC[C@H](C)[C@H](NC(=O)NCCCS(N)(=O)=O)C(=O)O. The van der Waals surface area contributed by atoms with Crippen LogP contribution in [0.4, 0.5) is 4.79 Å². The Bertz CT molecular complexity index is 409. The highest BCUT2D eigenvalue weighted by molar-refractivity contribution is 7.89. The van der Waals surface area contributed by atoms with Gasteiger partial charge >= 0.3 is 12.0 Å². The molecule has 0 aliphatic carbocycles. The van der Waals surface area contributed by atoms with Gasteiger partial charge in [-0.25, -0.2) is 23.1 Å². The third-order valence-electron chi connectivity index (χ3n) is 2.66. The Balaban J connectivity index is 4.11. The van der Waals surface area contributed by atoms with Crippen LogP contribution in [0.25, 0.3) is 0 Å². The Morgan fingerprint density at radius 3 is 2.37 bits per heavy atom. The summed E-state index contributed by atoms with van der Waals surface area (Å²) in [5.74, 6) is -1.54. The number of hydrogen-bond donors (Lipinski definition) is 4. The molecule has 0 rings (SSSR count). The van der Waals surface area contributed by atoms with Crippen LogP contribution in [-0.4, -0.2) is 43.9 Å². The van der Waals surface area contributed by atoms with Crippen molar-refractivity contribution < 1.29 is 23.1 Å². The number of carboxylic acids is 1. The Morgan fingerprint density at radius 2 is 1.95 bits per heavy atom. The summed E-state index contributed by atoms with van der Waals surface area (Å²) in [6.45, 7) is 3.65. The highest BCUT2D eigenvalue weighted by Gasteiger charge is 2.24. The molecule has 0 bridgehead atoms. The maximum atomic E-state index is 11.4. The number of amides is 2. The number of primary sulfonamides is 1. The van der Waals surface area contributed by atoms with Crippen LogP contribution in [0.15, 0.2) is 0 Å². The standard InChI is InChI=1S/C10H21N3O5S/c1-3-7(2)8(9(14)15)13-10(16)12-5-4-6-19(11,17)18/h7-8H,3-6H2,1-2H3,(H,14,15)(H2,11,17,18)(H2,12,13,16)/t7-,8-/m0/s1. The van der Waals surface area contributed by atoms with Gasteiger partial charge in [-0.2, -0.15) is 0 Å². The number of nitrogens with one attached hydrogen (secondary N) is 2. The van der Waals surface area contributed by atoms with Gasteiger partial charge in [0.2, 0.25) is 10.0 Å². The molecule has 0 radical (unpaired) electrons. The minimum Gasteiger partial charge on any atom is -0.480 e. The number of carboxylic acid groups (broad SMARTS) is 1. The lowest BCUT2D eigenvalue weighted by Crippen LogP contribution is -2.49. The van der Waals surface area contributed by atoms with Crippen molar-refractivity contribution in [1.82, 2.24) is 10.6 Å². The fourth-order valence-electron chi connectivity index (χ4n) is 1.35. The molecular weight excluding hydrogens is 274 g/mol.